The molecule has 2 rings (SSSR count). The first-order valence-corrected chi connectivity index (χ1v) is 7.35. The molecule has 0 aliphatic heterocycles. The van der Waals surface area contributed by atoms with Crippen molar-refractivity contribution in [3.05, 3.63) is 23.4 Å². The Balaban J connectivity index is 2.28. The van der Waals surface area contributed by atoms with Crippen LogP contribution in [0, 0.1) is 6.92 Å². The van der Waals surface area contributed by atoms with Crippen molar-refractivity contribution in [2.75, 3.05) is 13.0 Å². The van der Waals surface area contributed by atoms with Crippen LogP contribution in [-0.4, -0.2) is 32.0 Å². The normalized spacial score (nSPS) is 11.9. The fraction of sp³-hybridized carbons (Fsp3) is 0.538. The van der Waals surface area contributed by atoms with E-state index < -0.39 is 0 Å². The summed E-state index contributed by atoms with van der Waals surface area (Å²) >= 11 is 1.36. The van der Waals surface area contributed by atoms with Gasteiger partial charge < -0.3 is 10.6 Å². The zero-order valence-electron chi connectivity index (χ0n) is 12.9. The van der Waals surface area contributed by atoms with Gasteiger partial charge in [0.05, 0.1) is 0 Å². The predicted molar refractivity (Wildman–Crippen MR) is 80.5 cm³/mol. The second-order valence-corrected chi connectivity index (χ2v) is 6.71. The predicted octanol–water partition coefficient (Wildman–Crippen LogP) is 1.69. The van der Waals surface area contributed by atoms with Crippen molar-refractivity contribution in [1.82, 2.24) is 24.8 Å². The van der Waals surface area contributed by atoms with Gasteiger partial charge in [0, 0.05) is 18.2 Å². The lowest BCUT2D eigenvalue weighted by atomic mass is 9.96. The number of nitrogens with zero attached hydrogens (tertiary/aromatic N) is 5. The highest BCUT2D eigenvalue weighted by Gasteiger charge is 2.23. The van der Waals surface area contributed by atoms with E-state index in [2.05, 4.69) is 20.2 Å². The lowest BCUT2D eigenvalue weighted by Gasteiger charge is -2.16. The van der Waals surface area contributed by atoms with E-state index in [0.717, 1.165) is 16.5 Å². The van der Waals surface area contributed by atoms with Crippen molar-refractivity contribution in [2.45, 2.75) is 49.9 Å². The summed E-state index contributed by atoms with van der Waals surface area (Å²) in [4.78, 5) is 8.73. The topological polar surface area (TPSA) is 91.7 Å². The number of aromatic nitrogens is 5. The molecule has 21 heavy (non-hydrogen) atoms. The molecule has 0 fully saturated rings. The minimum Gasteiger partial charge on any atom is -0.377 e. The fourth-order valence-electron chi connectivity index (χ4n) is 1.80. The van der Waals surface area contributed by atoms with Gasteiger partial charge in [0.25, 0.3) is 0 Å². The smallest absolute Gasteiger partial charge is 0.216 e. The van der Waals surface area contributed by atoms with Crippen molar-refractivity contribution in [1.29, 1.82) is 0 Å². The van der Waals surface area contributed by atoms with E-state index in [-0.39, 0.29) is 5.41 Å². The second-order valence-electron chi connectivity index (χ2n) is 5.73. The number of hydrogen-bond acceptors (Lipinski definition) is 7. The first kappa shape index (κ1) is 15.7. The molecule has 8 heteroatoms. The van der Waals surface area contributed by atoms with Gasteiger partial charge in [0.2, 0.25) is 5.16 Å². The van der Waals surface area contributed by atoms with Crippen LogP contribution in [0.3, 0.4) is 0 Å². The number of ether oxygens (including phenoxy) is 1. The van der Waals surface area contributed by atoms with Gasteiger partial charge in [0.1, 0.15) is 11.6 Å². The molecule has 0 unspecified atom stereocenters. The van der Waals surface area contributed by atoms with Gasteiger partial charge in [-0.2, -0.15) is 0 Å². The van der Waals surface area contributed by atoms with Crippen molar-refractivity contribution < 1.29 is 4.74 Å². The molecule has 0 bridgehead atoms. The molecular weight excluding hydrogens is 288 g/mol. The number of rotatable bonds is 4. The minimum absolute atomic E-state index is 0.163. The molecule has 0 saturated heterocycles. The second kappa shape index (κ2) is 5.98. The average molecular weight is 308 g/mol. The summed E-state index contributed by atoms with van der Waals surface area (Å²) in [5.41, 5.74) is 0.710. The van der Waals surface area contributed by atoms with Gasteiger partial charge in [-0.3, -0.25) is 0 Å². The number of nitrogens with two attached hydrogens (primary N) is 1. The molecule has 7 nitrogen and oxygen atoms in total. The minimum atomic E-state index is -0.163. The van der Waals surface area contributed by atoms with Crippen LogP contribution in [0.15, 0.2) is 16.2 Å². The molecule has 2 aromatic heterocycles. The van der Waals surface area contributed by atoms with Crippen LogP contribution in [0.5, 0.6) is 0 Å². The maximum absolute atomic E-state index is 6.07. The largest absolute Gasteiger partial charge is 0.377 e. The molecule has 2 N–H and O–H groups in total. The van der Waals surface area contributed by atoms with E-state index in [1.165, 1.54) is 16.4 Å². The standard InChI is InChI=1S/C13H20N6OS/c1-8-6-10(16-9(15-8)7-20-5)21-12-18-17-11(19(12)14)13(2,3)4/h6H,7,14H2,1-5H3. The molecular formula is C13H20N6OS. The summed E-state index contributed by atoms with van der Waals surface area (Å²) in [5, 5.41) is 9.68. The van der Waals surface area contributed by atoms with Crippen molar-refractivity contribution in [3.63, 3.8) is 0 Å². The quantitative estimate of drug-likeness (QED) is 0.678. The van der Waals surface area contributed by atoms with Crippen molar-refractivity contribution in [2.24, 2.45) is 0 Å². The summed E-state index contributed by atoms with van der Waals surface area (Å²) < 4.78 is 6.58. The summed E-state index contributed by atoms with van der Waals surface area (Å²) in [7, 11) is 1.62. The highest BCUT2D eigenvalue weighted by Crippen LogP contribution is 2.27. The monoisotopic (exact) mass is 308 g/mol. The molecule has 0 spiro atoms. The van der Waals surface area contributed by atoms with Gasteiger partial charge in [-0.1, -0.05) is 20.8 Å². The lowest BCUT2D eigenvalue weighted by Crippen LogP contribution is -2.24. The Morgan fingerprint density at radius 1 is 1.29 bits per heavy atom. The molecule has 0 amide bonds. The van der Waals surface area contributed by atoms with E-state index in [4.69, 9.17) is 10.6 Å². The fourth-order valence-corrected chi connectivity index (χ4v) is 2.63. The van der Waals surface area contributed by atoms with Crippen LogP contribution in [0.4, 0.5) is 0 Å². The maximum atomic E-state index is 6.07. The van der Waals surface area contributed by atoms with Crippen LogP contribution in [0.2, 0.25) is 0 Å². The molecule has 0 aromatic carbocycles. The Morgan fingerprint density at radius 2 is 2.00 bits per heavy atom. The number of hydrogen-bond donors (Lipinski definition) is 1. The maximum Gasteiger partial charge on any atom is 0.216 e. The average Bonchev–Trinajstić information content (AvgIpc) is 2.70. The molecule has 0 aliphatic rings. The van der Waals surface area contributed by atoms with Crippen LogP contribution in [0.25, 0.3) is 0 Å². The number of nitrogen functional groups attached to an aromatic ring is 1. The highest BCUT2D eigenvalue weighted by atomic mass is 32.2. The van der Waals surface area contributed by atoms with Gasteiger partial charge >= 0.3 is 0 Å². The third kappa shape index (κ3) is 3.70. The van der Waals surface area contributed by atoms with E-state index in [1.807, 2.05) is 33.8 Å². The summed E-state index contributed by atoms with van der Waals surface area (Å²) in [5.74, 6) is 7.44. The summed E-state index contributed by atoms with van der Waals surface area (Å²) in [6, 6.07) is 1.88. The molecule has 2 heterocycles. The first-order valence-electron chi connectivity index (χ1n) is 6.53. The van der Waals surface area contributed by atoms with E-state index in [0.29, 0.717) is 17.6 Å². The van der Waals surface area contributed by atoms with Crippen LogP contribution in [0.1, 0.15) is 38.1 Å². The molecule has 0 radical (unpaired) electrons. The lowest BCUT2D eigenvalue weighted by molar-refractivity contribution is 0.177. The molecule has 0 saturated carbocycles. The Labute approximate surface area is 128 Å². The Bertz CT molecular complexity index is 634. The molecule has 0 atom stereocenters. The third-order valence-corrected chi connectivity index (χ3v) is 3.56. The number of aryl methyl sites for hydroxylation is 1. The molecule has 114 valence electrons. The zero-order valence-corrected chi connectivity index (χ0v) is 13.7. The van der Waals surface area contributed by atoms with E-state index >= 15 is 0 Å². The van der Waals surface area contributed by atoms with E-state index in [1.54, 1.807) is 7.11 Å². The van der Waals surface area contributed by atoms with Gasteiger partial charge in [-0.15, -0.1) is 10.2 Å². The summed E-state index contributed by atoms with van der Waals surface area (Å²) in [6.07, 6.45) is 0. The zero-order chi connectivity index (χ0) is 15.6. The van der Waals surface area contributed by atoms with Crippen molar-refractivity contribution >= 4 is 11.8 Å². The first-order chi connectivity index (χ1) is 9.81. The Kier molecular flexibility index (Phi) is 4.48. The SMILES string of the molecule is COCc1nc(C)cc(Sc2nnc(C(C)(C)C)n2N)n1. The Morgan fingerprint density at radius 3 is 2.57 bits per heavy atom. The summed E-state index contributed by atoms with van der Waals surface area (Å²) in [6.45, 7) is 8.41. The van der Waals surface area contributed by atoms with Crippen LogP contribution >= 0.6 is 11.8 Å². The van der Waals surface area contributed by atoms with Gasteiger partial charge in [-0.05, 0) is 24.8 Å². The third-order valence-electron chi connectivity index (χ3n) is 2.68. The van der Waals surface area contributed by atoms with E-state index in [9.17, 15) is 0 Å². The highest BCUT2D eigenvalue weighted by molar-refractivity contribution is 7.99. The van der Waals surface area contributed by atoms with Crippen LogP contribution < -0.4 is 5.84 Å². The van der Waals surface area contributed by atoms with Crippen LogP contribution in [-0.2, 0) is 16.8 Å². The number of methoxy groups -OCH3 is 1. The Hall–Kier alpha value is -1.67. The molecule has 0 aliphatic carbocycles. The van der Waals surface area contributed by atoms with Gasteiger partial charge in [-0.25, -0.2) is 14.6 Å². The van der Waals surface area contributed by atoms with Gasteiger partial charge in [0.15, 0.2) is 11.6 Å². The van der Waals surface area contributed by atoms with Crippen molar-refractivity contribution in [3.8, 4) is 0 Å². The molecule has 2 aromatic rings.